The lowest BCUT2D eigenvalue weighted by atomic mass is 9.98. The Morgan fingerprint density at radius 2 is 1.65 bits per heavy atom. The minimum absolute atomic E-state index is 0.144. The third kappa shape index (κ3) is 6.74. The number of carbonyl (C=O) groups is 2. The Hall–Kier alpha value is -3.02. The number of methoxy groups -OCH3 is 1. The van der Waals surface area contributed by atoms with Gasteiger partial charge in [0.2, 0.25) is 0 Å². The van der Waals surface area contributed by atoms with Crippen LogP contribution in [0.25, 0.3) is 0 Å². The van der Waals surface area contributed by atoms with E-state index in [9.17, 15) is 9.59 Å². The van der Waals surface area contributed by atoms with Crippen LogP contribution in [0.4, 0.5) is 4.79 Å². The van der Waals surface area contributed by atoms with Crippen LogP contribution in [0.3, 0.4) is 0 Å². The first-order valence-corrected chi connectivity index (χ1v) is 10.8. The topological polar surface area (TPSA) is 65.1 Å². The van der Waals surface area contributed by atoms with E-state index in [-0.39, 0.29) is 12.7 Å². The summed E-state index contributed by atoms with van der Waals surface area (Å²) in [7, 11) is 2.87. The first-order chi connectivity index (χ1) is 15.1. The normalized spacial score (nSPS) is 15.0. The summed E-state index contributed by atoms with van der Waals surface area (Å²) < 4.78 is 16.4. The maximum absolute atomic E-state index is 12.5. The van der Waals surface area contributed by atoms with E-state index in [0.29, 0.717) is 6.42 Å². The molecule has 1 fully saturated rings. The lowest BCUT2D eigenvalue weighted by molar-refractivity contribution is -0.146. The summed E-state index contributed by atoms with van der Waals surface area (Å²) in [6.07, 6.45) is 5.96. The van der Waals surface area contributed by atoms with Gasteiger partial charge in [-0.2, -0.15) is 0 Å². The van der Waals surface area contributed by atoms with E-state index in [1.807, 2.05) is 54.6 Å². The third-order valence-corrected chi connectivity index (χ3v) is 5.64. The van der Waals surface area contributed by atoms with E-state index >= 15 is 0 Å². The molecule has 0 radical (unpaired) electrons. The molecule has 1 aliphatic carbocycles. The fourth-order valence-corrected chi connectivity index (χ4v) is 3.77. The molecule has 2 aromatic rings. The number of ether oxygens (including phenoxy) is 3. The molecule has 1 aliphatic rings. The van der Waals surface area contributed by atoms with Crippen LogP contribution in [0.1, 0.15) is 43.2 Å². The highest BCUT2D eigenvalue weighted by atomic mass is 16.6. The molecule has 1 unspecified atom stereocenters. The van der Waals surface area contributed by atoms with Crippen molar-refractivity contribution in [3.63, 3.8) is 0 Å². The number of carbonyl (C=O) groups excluding carboxylic acids is 2. The van der Waals surface area contributed by atoms with Crippen molar-refractivity contribution >= 4 is 12.1 Å². The van der Waals surface area contributed by atoms with E-state index < -0.39 is 18.1 Å². The number of benzene rings is 2. The summed E-state index contributed by atoms with van der Waals surface area (Å²) in [4.78, 5) is 26.2. The molecule has 0 spiro atoms. The van der Waals surface area contributed by atoms with Crippen LogP contribution in [0.15, 0.2) is 54.6 Å². The van der Waals surface area contributed by atoms with Crippen molar-refractivity contribution in [1.82, 2.24) is 4.90 Å². The molecule has 3 rings (SSSR count). The van der Waals surface area contributed by atoms with Crippen molar-refractivity contribution in [2.45, 2.75) is 57.3 Å². The largest absolute Gasteiger partial charge is 0.490 e. The summed E-state index contributed by atoms with van der Waals surface area (Å²) in [5.74, 6) is 0.350. The van der Waals surface area contributed by atoms with Gasteiger partial charge >= 0.3 is 12.1 Å². The fraction of sp³-hybridized carbons (Fsp3) is 0.440. The fourth-order valence-electron chi connectivity index (χ4n) is 3.77. The van der Waals surface area contributed by atoms with Gasteiger partial charge in [0.05, 0.1) is 13.2 Å². The Balaban J connectivity index is 1.59. The standard InChI is InChI=1S/C25H31NO5/c1-26(25(28)30-18-20-9-5-3-6-10-20)23(24(27)29-2)17-19-13-15-22(16-14-19)31-21-11-7-4-8-12-21/h3,5-6,9-10,13-16,21,23H,4,7-8,11-12,17-18H2,1-2H3. The van der Waals surface area contributed by atoms with Crippen LogP contribution in [0, 0.1) is 0 Å². The number of nitrogens with zero attached hydrogens (tertiary/aromatic N) is 1. The van der Waals surface area contributed by atoms with Gasteiger partial charge in [-0.25, -0.2) is 9.59 Å². The minimum atomic E-state index is -0.779. The first-order valence-electron chi connectivity index (χ1n) is 10.8. The smallest absolute Gasteiger partial charge is 0.410 e. The second kappa shape index (κ2) is 11.4. The Kier molecular flexibility index (Phi) is 8.33. The summed E-state index contributed by atoms with van der Waals surface area (Å²) in [6, 6.07) is 16.3. The molecule has 166 valence electrons. The van der Waals surface area contributed by atoms with Gasteiger partial charge in [0, 0.05) is 13.5 Å². The average Bonchev–Trinajstić information content (AvgIpc) is 2.82. The molecular weight excluding hydrogens is 394 g/mol. The number of amides is 1. The van der Waals surface area contributed by atoms with Crippen LogP contribution in [-0.4, -0.2) is 43.3 Å². The number of esters is 1. The summed E-state index contributed by atoms with van der Waals surface area (Å²) in [5, 5.41) is 0. The molecule has 2 aromatic carbocycles. The molecule has 1 amide bonds. The molecule has 0 saturated heterocycles. The van der Waals surface area contributed by atoms with Gasteiger partial charge in [0.1, 0.15) is 18.4 Å². The van der Waals surface area contributed by atoms with Crippen molar-refractivity contribution in [3.8, 4) is 5.75 Å². The first kappa shape index (κ1) is 22.7. The average molecular weight is 426 g/mol. The highest BCUT2D eigenvalue weighted by molar-refractivity contribution is 5.81. The van der Waals surface area contributed by atoms with Gasteiger partial charge in [-0.3, -0.25) is 4.90 Å². The monoisotopic (exact) mass is 425 g/mol. The zero-order valence-corrected chi connectivity index (χ0v) is 18.3. The molecule has 0 aromatic heterocycles. The van der Waals surface area contributed by atoms with Crippen molar-refractivity contribution in [2.75, 3.05) is 14.2 Å². The predicted octanol–water partition coefficient (Wildman–Crippen LogP) is 4.75. The maximum Gasteiger partial charge on any atom is 0.410 e. The van der Waals surface area contributed by atoms with E-state index in [1.165, 1.54) is 31.3 Å². The molecule has 0 aliphatic heterocycles. The van der Waals surface area contributed by atoms with Gasteiger partial charge in [0.15, 0.2) is 0 Å². The number of hydrogen-bond donors (Lipinski definition) is 0. The number of likely N-dealkylation sites (N-methyl/N-ethyl adjacent to an activating group) is 1. The summed E-state index contributed by atoms with van der Waals surface area (Å²) in [6.45, 7) is 0.144. The summed E-state index contributed by atoms with van der Waals surface area (Å²) in [5.41, 5.74) is 1.79. The van der Waals surface area contributed by atoms with Crippen LogP contribution < -0.4 is 4.74 Å². The quantitative estimate of drug-likeness (QED) is 0.571. The second-order valence-corrected chi connectivity index (χ2v) is 7.92. The molecular formula is C25H31NO5. The third-order valence-electron chi connectivity index (χ3n) is 5.64. The van der Waals surface area contributed by atoms with Crippen LogP contribution in [0.2, 0.25) is 0 Å². The van der Waals surface area contributed by atoms with Crippen molar-refractivity contribution in [2.24, 2.45) is 0 Å². The van der Waals surface area contributed by atoms with Gasteiger partial charge < -0.3 is 14.2 Å². The van der Waals surface area contributed by atoms with E-state index in [1.54, 1.807) is 7.05 Å². The van der Waals surface area contributed by atoms with Crippen molar-refractivity contribution in [1.29, 1.82) is 0 Å². The zero-order valence-electron chi connectivity index (χ0n) is 18.3. The Bertz CT molecular complexity index is 831. The number of rotatable bonds is 8. The summed E-state index contributed by atoms with van der Waals surface area (Å²) >= 11 is 0. The Morgan fingerprint density at radius 1 is 0.968 bits per heavy atom. The highest BCUT2D eigenvalue weighted by Gasteiger charge is 2.29. The maximum atomic E-state index is 12.5. The number of hydrogen-bond acceptors (Lipinski definition) is 5. The second-order valence-electron chi connectivity index (χ2n) is 7.92. The molecule has 1 atom stereocenters. The predicted molar refractivity (Wildman–Crippen MR) is 118 cm³/mol. The van der Waals surface area contributed by atoms with E-state index in [2.05, 4.69) is 0 Å². The van der Waals surface area contributed by atoms with Crippen LogP contribution in [0.5, 0.6) is 5.75 Å². The minimum Gasteiger partial charge on any atom is -0.490 e. The molecule has 6 nitrogen and oxygen atoms in total. The van der Waals surface area contributed by atoms with Gasteiger partial charge in [-0.1, -0.05) is 48.9 Å². The zero-order chi connectivity index (χ0) is 22.1. The van der Waals surface area contributed by atoms with Crippen LogP contribution in [-0.2, 0) is 27.3 Å². The molecule has 0 heterocycles. The Morgan fingerprint density at radius 3 is 2.29 bits per heavy atom. The van der Waals surface area contributed by atoms with E-state index in [0.717, 1.165) is 29.7 Å². The van der Waals surface area contributed by atoms with Gasteiger partial charge in [-0.15, -0.1) is 0 Å². The Labute approximate surface area is 184 Å². The van der Waals surface area contributed by atoms with Crippen LogP contribution >= 0.6 is 0 Å². The highest BCUT2D eigenvalue weighted by Crippen LogP contribution is 2.24. The van der Waals surface area contributed by atoms with Crippen molar-refractivity contribution < 1.29 is 23.8 Å². The lowest BCUT2D eigenvalue weighted by Crippen LogP contribution is -2.44. The molecule has 31 heavy (non-hydrogen) atoms. The van der Waals surface area contributed by atoms with Crippen molar-refractivity contribution in [3.05, 3.63) is 65.7 Å². The van der Waals surface area contributed by atoms with E-state index in [4.69, 9.17) is 14.2 Å². The molecule has 0 bridgehead atoms. The van der Waals surface area contributed by atoms with Gasteiger partial charge in [-0.05, 0) is 48.9 Å². The van der Waals surface area contributed by atoms with Gasteiger partial charge in [0.25, 0.3) is 0 Å². The molecule has 6 heteroatoms. The SMILES string of the molecule is COC(=O)C(Cc1ccc(OC2CCCCC2)cc1)N(C)C(=O)OCc1ccccc1. The lowest BCUT2D eigenvalue weighted by Gasteiger charge is -2.26. The molecule has 0 N–H and O–H groups in total. The molecule has 1 saturated carbocycles.